The van der Waals surface area contributed by atoms with Gasteiger partial charge in [-0.1, -0.05) is 47.5 Å². The molecule has 2 heterocycles. The Labute approximate surface area is 258 Å². The molecule has 228 valence electrons. The molecule has 4 N–H and O–H groups in total. The summed E-state index contributed by atoms with van der Waals surface area (Å²) in [5.41, 5.74) is 0.298. The van der Waals surface area contributed by atoms with Crippen molar-refractivity contribution in [1.29, 1.82) is 0 Å². The molecule has 15 heteroatoms. The van der Waals surface area contributed by atoms with Crippen molar-refractivity contribution < 1.29 is 28.2 Å². The van der Waals surface area contributed by atoms with Crippen LogP contribution in [0.5, 0.6) is 5.75 Å². The van der Waals surface area contributed by atoms with E-state index in [4.69, 9.17) is 32.5 Å². The van der Waals surface area contributed by atoms with Gasteiger partial charge >= 0.3 is 13.6 Å². The molecule has 1 aromatic heterocycles. The van der Waals surface area contributed by atoms with Crippen LogP contribution in [-0.2, 0) is 14.1 Å². The van der Waals surface area contributed by atoms with Crippen molar-refractivity contribution in [3.05, 3.63) is 76.0 Å². The van der Waals surface area contributed by atoms with Gasteiger partial charge in [0.25, 0.3) is 11.8 Å². The Morgan fingerprint density at radius 2 is 1.67 bits per heavy atom. The van der Waals surface area contributed by atoms with Crippen molar-refractivity contribution >= 4 is 54.3 Å². The predicted molar refractivity (Wildman–Crippen MR) is 161 cm³/mol. The van der Waals surface area contributed by atoms with Crippen molar-refractivity contribution in [2.24, 2.45) is 0 Å². The SMILES string of the molecule is C[C@H](NP(=O)(Oc1ccccc1)N1CCC(NC(=O)c2[nH]ncc2NC(=O)c2c(Cl)cccc2Cl)CC1)C(=O)OC1CC1. The summed E-state index contributed by atoms with van der Waals surface area (Å²) in [6.07, 6.45) is 3.79. The summed E-state index contributed by atoms with van der Waals surface area (Å²) >= 11 is 12.3. The van der Waals surface area contributed by atoms with Gasteiger partial charge in [0.15, 0.2) is 0 Å². The summed E-state index contributed by atoms with van der Waals surface area (Å²) in [5, 5.41) is 15.3. The van der Waals surface area contributed by atoms with Crippen LogP contribution >= 0.6 is 30.9 Å². The highest BCUT2D eigenvalue weighted by Gasteiger charge is 2.40. The number of esters is 1. The van der Waals surface area contributed by atoms with E-state index in [1.54, 1.807) is 41.9 Å². The second-order valence-corrected chi connectivity index (χ2v) is 13.2. The van der Waals surface area contributed by atoms with Crippen LogP contribution in [0.4, 0.5) is 5.69 Å². The number of piperidine rings is 1. The van der Waals surface area contributed by atoms with Crippen molar-refractivity contribution in [2.45, 2.75) is 50.8 Å². The van der Waals surface area contributed by atoms with Gasteiger partial charge in [-0.05, 0) is 56.9 Å². The van der Waals surface area contributed by atoms with Crippen LogP contribution in [0.25, 0.3) is 0 Å². The first-order valence-electron chi connectivity index (χ1n) is 13.8. The number of hydrogen-bond donors (Lipinski definition) is 4. The second kappa shape index (κ2) is 13.5. The molecule has 2 aromatic carbocycles. The highest BCUT2D eigenvalue weighted by molar-refractivity contribution is 7.54. The van der Waals surface area contributed by atoms with Crippen LogP contribution in [0.3, 0.4) is 0 Å². The number of halogens is 2. The fourth-order valence-corrected chi connectivity index (χ4v) is 7.18. The largest absolute Gasteiger partial charge is 0.461 e. The van der Waals surface area contributed by atoms with E-state index in [2.05, 4.69) is 25.9 Å². The van der Waals surface area contributed by atoms with Crippen molar-refractivity contribution in [2.75, 3.05) is 18.4 Å². The highest BCUT2D eigenvalue weighted by atomic mass is 35.5. The van der Waals surface area contributed by atoms with Gasteiger partial charge in [-0.25, -0.2) is 14.3 Å². The first kappa shape index (κ1) is 31.0. The van der Waals surface area contributed by atoms with Crippen LogP contribution in [0, 0.1) is 0 Å². The standard InChI is InChI=1S/C28H31Cl2N6O6P/c1-17(28(39)41-19-10-11-19)35-43(40,42-20-6-3-2-4-7-20)36-14-12-18(13-15-36)32-27(38)25-23(16-31-34-25)33-26(37)24-21(29)8-5-9-22(24)30/h2-9,16-19H,10-15H2,1H3,(H,31,34)(H,32,38)(H,33,37)(H,35,40)/t17-,43?/m0/s1. The molecule has 0 bridgehead atoms. The number of carbonyl (C=O) groups is 3. The number of H-pyrrole nitrogens is 1. The minimum absolute atomic E-state index is 0.0571. The number of para-hydroxylation sites is 1. The Balaban J connectivity index is 1.21. The lowest BCUT2D eigenvalue weighted by atomic mass is 10.1. The van der Waals surface area contributed by atoms with Crippen LogP contribution in [0.2, 0.25) is 10.0 Å². The number of nitrogens with zero attached hydrogens (tertiary/aromatic N) is 2. The lowest BCUT2D eigenvalue weighted by Gasteiger charge is -2.37. The van der Waals surface area contributed by atoms with Gasteiger partial charge in [-0.3, -0.25) is 19.5 Å². The van der Waals surface area contributed by atoms with E-state index in [0.29, 0.717) is 31.7 Å². The second-order valence-electron chi connectivity index (χ2n) is 10.3. The molecule has 3 aromatic rings. The van der Waals surface area contributed by atoms with Crippen molar-refractivity contribution in [1.82, 2.24) is 25.3 Å². The Morgan fingerprint density at radius 1 is 1.00 bits per heavy atom. The maximum absolute atomic E-state index is 14.2. The number of carbonyl (C=O) groups excluding carboxylic acids is 3. The molecule has 1 aliphatic heterocycles. The van der Waals surface area contributed by atoms with E-state index in [9.17, 15) is 18.9 Å². The van der Waals surface area contributed by atoms with E-state index in [1.807, 2.05) is 6.07 Å². The van der Waals surface area contributed by atoms with Gasteiger partial charge < -0.3 is 19.9 Å². The molecule has 0 radical (unpaired) electrons. The van der Waals surface area contributed by atoms with E-state index in [1.165, 1.54) is 18.3 Å². The molecular weight excluding hydrogens is 618 g/mol. The number of anilines is 1. The molecule has 12 nitrogen and oxygen atoms in total. The number of benzene rings is 2. The maximum Gasteiger partial charge on any atom is 0.393 e. The zero-order valence-electron chi connectivity index (χ0n) is 23.2. The molecule has 1 aliphatic carbocycles. The zero-order valence-corrected chi connectivity index (χ0v) is 25.6. The van der Waals surface area contributed by atoms with Crippen LogP contribution in [0.15, 0.2) is 54.7 Å². The van der Waals surface area contributed by atoms with Gasteiger partial charge in [0.05, 0.1) is 27.5 Å². The third-order valence-electron chi connectivity index (χ3n) is 6.97. The van der Waals surface area contributed by atoms with Crippen molar-refractivity contribution in [3.63, 3.8) is 0 Å². The Morgan fingerprint density at radius 3 is 2.33 bits per heavy atom. The molecular formula is C28H31Cl2N6O6P. The minimum Gasteiger partial charge on any atom is -0.461 e. The Kier molecular flexibility index (Phi) is 9.73. The predicted octanol–water partition coefficient (Wildman–Crippen LogP) is 5.03. The third-order valence-corrected chi connectivity index (χ3v) is 9.92. The average Bonchev–Trinajstić information content (AvgIpc) is 3.67. The first-order valence-corrected chi connectivity index (χ1v) is 16.1. The fourth-order valence-electron chi connectivity index (χ4n) is 4.52. The summed E-state index contributed by atoms with van der Waals surface area (Å²) in [6, 6.07) is 12.3. The number of nitrogens with one attached hydrogen (secondary N) is 4. The van der Waals surface area contributed by atoms with E-state index >= 15 is 0 Å². The van der Waals surface area contributed by atoms with E-state index in [-0.39, 0.29) is 39.1 Å². The topological polar surface area (TPSA) is 155 Å². The highest BCUT2D eigenvalue weighted by Crippen LogP contribution is 2.49. The normalized spacial score (nSPS) is 17.8. The molecule has 2 aliphatic rings. The number of rotatable bonds is 11. The van der Waals surface area contributed by atoms with Gasteiger partial charge in [-0.2, -0.15) is 5.10 Å². The number of ether oxygens (including phenoxy) is 1. The number of amides is 2. The third kappa shape index (κ3) is 7.76. The van der Waals surface area contributed by atoms with Crippen LogP contribution < -0.4 is 20.2 Å². The summed E-state index contributed by atoms with van der Waals surface area (Å²) in [4.78, 5) is 38.5. The molecule has 1 unspecified atom stereocenters. The van der Waals surface area contributed by atoms with Gasteiger partial charge in [0, 0.05) is 19.1 Å². The Hall–Kier alpha value is -3.41. The van der Waals surface area contributed by atoms with Gasteiger partial charge in [-0.15, -0.1) is 0 Å². The molecule has 2 fully saturated rings. The van der Waals surface area contributed by atoms with Gasteiger partial charge in [0.2, 0.25) is 0 Å². The monoisotopic (exact) mass is 648 g/mol. The lowest BCUT2D eigenvalue weighted by Crippen LogP contribution is -2.47. The quantitative estimate of drug-likeness (QED) is 0.165. The summed E-state index contributed by atoms with van der Waals surface area (Å²) < 4.78 is 27.2. The lowest BCUT2D eigenvalue weighted by molar-refractivity contribution is -0.146. The summed E-state index contributed by atoms with van der Waals surface area (Å²) in [5.74, 6) is -1.16. The molecule has 43 heavy (non-hydrogen) atoms. The van der Waals surface area contributed by atoms with Gasteiger partial charge in [0.1, 0.15) is 23.6 Å². The summed E-state index contributed by atoms with van der Waals surface area (Å²) in [6.45, 7) is 2.22. The van der Waals surface area contributed by atoms with Crippen LogP contribution in [-0.4, -0.2) is 63.9 Å². The minimum atomic E-state index is -3.74. The summed E-state index contributed by atoms with van der Waals surface area (Å²) in [7, 11) is -3.74. The molecule has 2 amide bonds. The molecule has 2 atom stereocenters. The molecule has 1 saturated carbocycles. The average molecular weight is 649 g/mol. The number of aromatic nitrogens is 2. The molecule has 1 saturated heterocycles. The maximum atomic E-state index is 14.2. The zero-order chi connectivity index (χ0) is 30.6. The van der Waals surface area contributed by atoms with E-state index < -0.39 is 31.5 Å². The molecule has 0 spiro atoms. The number of hydrogen-bond acceptors (Lipinski definition) is 7. The number of aromatic amines is 1. The fraction of sp³-hybridized carbons (Fsp3) is 0.357. The Bertz CT molecular complexity index is 1510. The smallest absolute Gasteiger partial charge is 0.393 e. The first-order chi connectivity index (χ1) is 20.6. The van der Waals surface area contributed by atoms with Crippen LogP contribution in [0.1, 0.15) is 53.5 Å². The molecule has 5 rings (SSSR count). The van der Waals surface area contributed by atoms with E-state index in [0.717, 1.165) is 12.8 Å². The van der Waals surface area contributed by atoms with Crippen molar-refractivity contribution in [3.8, 4) is 5.75 Å².